The van der Waals surface area contributed by atoms with Crippen LogP contribution in [-0.4, -0.2) is 47.6 Å². The van der Waals surface area contributed by atoms with Gasteiger partial charge in [-0.05, 0) is 26.4 Å². The zero-order valence-corrected chi connectivity index (χ0v) is 12.2. The number of halogens is 1. The van der Waals surface area contributed by atoms with Gasteiger partial charge in [0.25, 0.3) is 0 Å². The molecule has 106 valence electrons. The number of hydrogen-bond acceptors (Lipinski definition) is 6. The van der Waals surface area contributed by atoms with E-state index in [1.165, 1.54) is 0 Å². The van der Waals surface area contributed by atoms with Crippen LogP contribution in [0.3, 0.4) is 0 Å². The molecule has 19 heavy (non-hydrogen) atoms. The molecule has 6 nitrogen and oxygen atoms in total. The minimum Gasteiger partial charge on any atom is -0.351 e. The van der Waals surface area contributed by atoms with Crippen molar-refractivity contribution in [3.8, 4) is 0 Å². The lowest BCUT2D eigenvalue weighted by Gasteiger charge is -2.31. The number of hydrogen-bond donors (Lipinski definition) is 2. The molecule has 2 heterocycles. The number of rotatable bonds is 3. The minimum absolute atomic E-state index is 0.395. The van der Waals surface area contributed by atoms with Crippen molar-refractivity contribution in [1.29, 1.82) is 0 Å². The highest BCUT2D eigenvalue weighted by atomic mass is 35.5. The molecule has 7 heteroatoms. The van der Waals surface area contributed by atoms with E-state index < -0.39 is 0 Å². The van der Waals surface area contributed by atoms with Gasteiger partial charge in [0.1, 0.15) is 5.02 Å². The maximum atomic E-state index is 6.25. The number of nitrogens with one attached hydrogen (secondary N) is 1. The van der Waals surface area contributed by atoms with Crippen LogP contribution in [0.5, 0.6) is 0 Å². The summed E-state index contributed by atoms with van der Waals surface area (Å²) in [5.74, 6) is 6.54. The van der Waals surface area contributed by atoms with Crippen molar-refractivity contribution in [1.82, 2.24) is 14.9 Å². The van der Waals surface area contributed by atoms with E-state index in [1.54, 1.807) is 6.20 Å². The van der Waals surface area contributed by atoms with Crippen LogP contribution in [0, 0.1) is 0 Å². The zero-order chi connectivity index (χ0) is 13.8. The molecular formula is C12H21ClN6. The van der Waals surface area contributed by atoms with E-state index in [9.17, 15) is 0 Å². The molecule has 1 fully saturated rings. The quantitative estimate of drug-likeness (QED) is 0.645. The summed E-state index contributed by atoms with van der Waals surface area (Å²) in [6, 6.07) is 0.408. The van der Waals surface area contributed by atoms with E-state index in [0.717, 1.165) is 38.3 Å². The predicted octanol–water partition coefficient (Wildman–Crippen LogP) is 1.34. The number of nitrogen functional groups attached to an aromatic ring is 1. The monoisotopic (exact) mass is 284 g/mol. The molecule has 0 bridgehead atoms. The molecule has 1 saturated heterocycles. The van der Waals surface area contributed by atoms with Gasteiger partial charge in [0.05, 0.1) is 6.20 Å². The molecule has 3 N–H and O–H groups in total. The molecule has 1 unspecified atom stereocenters. The molecular weight excluding hydrogens is 264 g/mol. The highest BCUT2D eigenvalue weighted by molar-refractivity contribution is 6.32. The lowest BCUT2D eigenvalue weighted by Crippen LogP contribution is -2.40. The van der Waals surface area contributed by atoms with E-state index in [1.807, 2.05) is 0 Å². The summed E-state index contributed by atoms with van der Waals surface area (Å²) in [6.07, 6.45) is 3.75. The van der Waals surface area contributed by atoms with Crippen LogP contribution in [0.1, 0.15) is 19.8 Å². The van der Waals surface area contributed by atoms with Crippen LogP contribution in [0.2, 0.25) is 5.02 Å². The van der Waals surface area contributed by atoms with Crippen molar-refractivity contribution in [3.05, 3.63) is 11.2 Å². The van der Waals surface area contributed by atoms with Crippen molar-refractivity contribution in [2.24, 2.45) is 5.84 Å². The van der Waals surface area contributed by atoms with Crippen molar-refractivity contribution in [2.45, 2.75) is 25.8 Å². The Kier molecular flexibility index (Phi) is 4.79. The third kappa shape index (κ3) is 3.26. The summed E-state index contributed by atoms with van der Waals surface area (Å²) in [6.45, 7) is 5.25. The van der Waals surface area contributed by atoms with E-state index in [-0.39, 0.29) is 0 Å². The lowest BCUT2D eigenvalue weighted by atomic mass is 10.2. The SMILES string of the molecule is CCC1CN(C)CCCN1c1nc(NN)ncc1Cl. The predicted molar refractivity (Wildman–Crippen MR) is 78.4 cm³/mol. The summed E-state index contributed by atoms with van der Waals surface area (Å²) in [7, 11) is 2.15. The van der Waals surface area contributed by atoms with Gasteiger partial charge in [-0.1, -0.05) is 18.5 Å². The summed E-state index contributed by atoms with van der Waals surface area (Å²) >= 11 is 6.25. The Morgan fingerprint density at radius 1 is 1.53 bits per heavy atom. The molecule has 1 atom stereocenters. The first kappa shape index (κ1) is 14.3. The van der Waals surface area contributed by atoms with Gasteiger partial charge < -0.3 is 9.80 Å². The van der Waals surface area contributed by atoms with Crippen LogP contribution >= 0.6 is 11.6 Å². The number of hydrazine groups is 1. The van der Waals surface area contributed by atoms with Crippen LogP contribution in [-0.2, 0) is 0 Å². The van der Waals surface area contributed by atoms with Gasteiger partial charge in [0.15, 0.2) is 5.82 Å². The molecule has 2 rings (SSSR count). The standard InChI is InChI=1S/C12H21ClN6/c1-3-9-8-18(2)5-4-6-19(9)11-10(13)7-15-12(16-11)17-14/h7,9H,3-6,8,14H2,1-2H3,(H,15,16,17). The van der Waals surface area contributed by atoms with Gasteiger partial charge in [-0.25, -0.2) is 10.8 Å². The fourth-order valence-corrected chi connectivity index (χ4v) is 2.70. The Morgan fingerprint density at radius 3 is 3.00 bits per heavy atom. The fourth-order valence-electron chi connectivity index (χ4n) is 2.50. The molecule has 1 aromatic rings. The molecule has 1 aromatic heterocycles. The Balaban J connectivity index is 2.31. The Morgan fingerprint density at radius 2 is 2.32 bits per heavy atom. The highest BCUT2D eigenvalue weighted by Crippen LogP contribution is 2.27. The van der Waals surface area contributed by atoms with Crippen LogP contribution in [0.25, 0.3) is 0 Å². The van der Waals surface area contributed by atoms with E-state index in [2.05, 4.69) is 39.2 Å². The second-order valence-electron chi connectivity index (χ2n) is 4.88. The second kappa shape index (κ2) is 6.36. The highest BCUT2D eigenvalue weighted by Gasteiger charge is 2.25. The zero-order valence-electron chi connectivity index (χ0n) is 11.4. The Hall–Kier alpha value is -1.11. The minimum atomic E-state index is 0.395. The van der Waals surface area contributed by atoms with Crippen LogP contribution in [0.15, 0.2) is 6.20 Å². The summed E-state index contributed by atoms with van der Waals surface area (Å²) in [5, 5.41) is 0.571. The summed E-state index contributed by atoms with van der Waals surface area (Å²) in [4.78, 5) is 13.1. The third-order valence-electron chi connectivity index (χ3n) is 3.50. The van der Waals surface area contributed by atoms with Crippen LogP contribution < -0.4 is 16.2 Å². The van der Waals surface area contributed by atoms with E-state index in [4.69, 9.17) is 17.4 Å². The largest absolute Gasteiger partial charge is 0.351 e. The number of nitrogens with two attached hydrogens (primary N) is 1. The van der Waals surface area contributed by atoms with Crippen molar-refractivity contribution < 1.29 is 0 Å². The summed E-state index contributed by atoms with van der Waals surface area (Å²) < 4.78 is 0. The maximum Gasteiger partial charge on any atom is 0.239 e. The van der Waals surface area contributed by atoms with Gasteiger partial charge in [-0.3, -0.25) is 5.43 Å². The number of nitrogens with zero attached hydrogens (tertiary/aromatic N) is 4. The first-order valence-electron chi connectivity index (χ1n) is 6.60. The molecule has 0 spiro atoms. The number of anilines is 2. The number of aromatic nitrogens is 2. The first-order valence-corrected chi connectivity index (χ1v) is 6.97. The van der Waals surface area contributed by atoms with E-state index in [0.29, 0.717) is 17.0 Å². The normalized spacial score (nSPS) is 21.3. The second-order valence-corrected chi connectivity index (χ2v) is 5.29. The van der Waals surface area contributed by atoms with Gasteiger partial charge >= 0.3 is 0 Å². The van der Waals surface area contributed by atoms with E-state index >= 15 is 0 Å². The van der Waals surface area contributed by atoms with Gasteiger partial charge in [0, 0.05) is 19.1 Å². The average Bonchev–Trinajstić information content (AvgIpc) is 2.60. The molecule has 0 amide bonds. The van der Waals surface area contributed by atoms with Crippen molar-refractivity contribution in [2.75, 3.05) is 37.0 Å². The summed E-state index contributed by atoms with van der Waals surface area (Å²) in [5.41, 5.74) is 2.47. The van der Waals surface area contributed by atoms with Crippen molar-refractivity contribution in [3.63, 3.8) is 0 Å². The molecule has 1 aliphatic heterocycles. The van der Waals surface area contributed by atoms with Crippen LogP contribution in [0.4, 0.5) is 11.8 Å². The molecule has 0 aliphatic carbocycles. The molecule has 0 aromatic carbocycles. The smallest absolute Gasteiger partial charge is 0.239 e. The number of likely N-dealkylation sites (N-methyl/N-ethyl adjacent to an activating group) is 1. The van der Waals surface area contributed by atoms with Crippen molar-refractivity contribution >= 4 is 23.4 Å². The maximum absolute atomic E-state index is 6.25. The van der Waals surface area contributed by atoms with Gasteiger partial charge in [-0.15, -0.1) is 0 Å². The molecule has 1 aliphatic rings. The Bertz CT molecular complexity index is 427. The lowest BCUT2D eigenvalue weighted by molar-refractivity contribution is 0.327. The average molecular weight is 285 g/mol. The van der Waals surface area contributed by atoms with Gasteiger partial charge in [-0.2, -0.15) is 4.98 Å². The topological polar surface area (TPSA) is 70.3 Å². The first-order chi connectivity index (χ1) is 9.15. The van der Waals surface area contributed by atoms with Gasteiger partial charge in [0.2, 0.25) is 5.95 Å². The third-order valence-corrected chi connectivity index (χ3v) is 3.77. The fraction of sp³-hybridized carbons (Fsp3) is 0.667. The Labute approximate surface area is 118 Å². The molecule has 0 radical (unpaired) electrons. The molecule has 0 saturated carbocycles.